The van der Waals surface area contributed by atoms with Gasteiger partial charge in [0.25, 0.3) is 5.56 Å². The predicted molar refractivity (Wildman–Crippen MR) is 85.3 cm³/mol. The van der Waals surface area contributed by atoms with Gasteiger partial charge >= 0.3 is 5.97 Å². The first-order valence-corrected chi connectivity index (χ1v) is 7.15. The Morgan fingerprint density at radius 1 is 1.38 bits per heavy atom. The monoisotopic (exact) mass is 329 g/mol. The number of imidazole rings is 1. The van der Waals surface area contributed by atoms with E-state index in [1.54, 1.807) is 30.3 Å². The number of anilines is 1. The quantitative estimate of drug-likeness (QED) is 0.557. The molecule has 0 aliphatic carbocycles. The van der Waals surface area contributed by atoms with E-state index in [0.717, 1.165) is 0 Å². The van der Waals surface area contributed by atoms with Crippen molar-refractivity contribution in [1.29, 1.82) is 0 Å². The van der Waals surface area contributed by atoms with Crippen molar-refractivity contribution < 1.29 is 14.6 Å². The van der Waals surface area contributed by atoms with E-state index < -0.39 is 17.6 Å². The number of hydrogen-bond donors (Lipinski definition) is 3. The second-order valence-electron chi connectivity index (χ2n) is 5.14. The molecule has 0 aliphatic rings. The van der Waals surface area contributed by atoms with E-state index in [1.807, 2.05) is 0 Å². The average Bonchev–Trinajstić information content (AvgIpc) is 2.96. The summed E-state index contributed by atoms with van der Waals surface area (Å²) < 4.78 is 6.49. The second-order valence-corrected chi connectivity index (χ2v) is 5.14. The van der Waals surface area contributed by atoms with E-state index in [1.165, 1.54) is 10.9 Å². The van der Waals surface area contributed by atoms with Gasteiger partial charge in [0.15, 0.2) is 11.2 Å². The molecular weight excluding hydrogens is 314 g/mol. The SMILES string of the molecule is Nc1nc2ncn(C[C@H](O)COC(=O)c3ccccc3)c2c(=O)[nH]1. The van der Waals surface area contributed by atoms with Gasteiger partial charge in [-0.3, -0.25) is 9.78 Å². The molecule has 3 aromatic rings. The fourth-order valence-corrected chi connectivity index (χ4v) is 2.25. The molecule has 24 heavy (non-hydrogen) atoms. The highest BCUT2D eigenvalue weighted by Gasteiger charge is 2.15. The molecule has 0 fully saturated rings. The van der Waals surface area contributed by atoms with Crippen LogP contribution in [0, 0.1) is 0 Å². The number of nitrogens with zero attached hydrogens (tertiary/aromatic N) is 3. The summed E-state index contributed by atoms with van der Waals surface area (Å²) >= 11 is 0. The standard InChI is InChI=1S/C15H15N5O4/c16-15-18-12-11(13(22)19-15)20(8-17-12)6-10(21)7-24-14(23)9-4-2-1-3-5-9/h1-5,8,10,21H,6-7H2,(H3,16,18,19,22)/t10-/m0/s1. The molecule has 0 radical (unpaired) electrons. The van der Waals surface area contributed by atoms with Crippen molar-refractivity contribution in [3.05, 3.63) is 52.6 Å². The third-order valence-corrected chi connectivity index (χ3v) is 3.33. The molecule has 2 aromatic heterocycles. The number of carbonyl (C=O) groups is 1. The minimum Gasteiger partial charge on any atom is -0.459 e. The molecule has 0 bridgehead atoms. The first-order chi connectivity index (χ1) is 11.5. The van der Waals surface area contributed by atoms with Gasteiger partial charge < -0.3 is 20.1 Å². The topological polar surface area (TPSA) is 136 Å². The summed E-state index contributed by atoms with van der Waals surface area (Å²) in [5.74, 6) is -0.562. The van der Waals surface area contributed by atoms with E-state index in [-0.39, 0.29) is 30.3 Å². The molecule has 124 valence electrons. The van der Waals surface area contributed by atoms with Crippen molar-refractivity contribution in [2.24, 2.45) is 0 Å². The van der Waals surface area contributed by atoms with Crippen molar-refractivity contribution in [1.82, 2.24) is 19.5 Å². The van der Waals surface area contributed by atoms with Gasteiger partial charge in [-0.1, -0.05) is 18.2 Å². The van der Waals surface area contributed by atoms with Gasteiger partial charge in [0, 0.05) is 0 Å². The lowest BCUT2D eigenvalue weighted by atomic mass is 10.2. The van der Waals surface area contributed by atoms with Crippen LogP contribution in [0.25, 0.3) is 11.2 Å². The first-order valence-electron chi connectivity index (χ1n) is 7.15. The minimum absolute atomic E-state index is 0.0211. The van der Waals surface area contributed by atoms with Crippen molar-refractivity contribution in [2.45, 2.75) is 12.6 Å². The molecule has 9 heteroatoms. The number of aromatic nitrogens is 4. The van der Waals surface area contributed by atoms with Crippen LogP contribution in [-0.2, 0) is 11.3 Å². The van der Waals surface area contributed by atoms with Gasteiger partial charge in [-0.05, 0) is 12.1 Å². The molecule has 1 aromatic carbocycles. The van der Waals surface area contributed by atoms with Crippen LogP contribution < -0.4 is 11.3 Å². The van der Waals surface area contributed by atoms with Gasteiger partial charge in [-0.25, -0.2) is 9.78 Å². The number of fused-ring (bicyclic) bond motifs is 1. The maximum absolute atomic E-state index is 11.9. The largest absolute Gasteiger partial charge is 0.459 e. The highest BCUT2D eigenvalue weighted by Crippen LogP contribution is 2.08. The Hall–Kier alpha value is -3.20. The zero-order valence-corrected chi connectivity index (χ0v) is 12.5. The molecule has 0 amide bonds. The first kappa shape index (κ1) is 15.7. The lowest BCUT2D eigenvalue weighted by Crippen LogP contribution is -2.25. The molecule has 0 saturated heterocycles. The predicted octanol–water partition coefficient (Wildman–Crippen LogP) is -0.0803. The van der Waals surface area contributed by atoms with Crippen LogP contribution in [0.3, 0.4) is 0 Å². The maximum atomic E-state index is 11.9. The molecule has 0 aliphatic heterocycles. The van der Waals surface area contributed by atoms with Crippen molar-refractivity contribution in [3.8, 4) is 0 Å². The Balaban J connectivity index is 1.66. The summed E-state index contributed by atoms with van der Waals surface area (Å²) in [6, 6.07) is 8.46. The lowest BCUT2D eigenvalue weighted by Gasteiger charge is -2.12. The van der Waals surface area contributed by atoms with E-state index in [9.17, 15) is 14.7 Å². The Bertz CT molecular complexity index is 919. The normalized spacial score (nSPS) is 12.2. The highest BCUT2D eigenvalue weighted by molar-refractivity contribution is 5.89. The summed E-state index contributed by atoms with van der Waals surface area (Å²) in [4.78, 5) is 34.0. The number of hydrogen-bond acceptors (Lipinski definition) is 7. The molecule has 2 heterocycles. The number of nitrogens with one attached hydrogen (secondary N) is 1. The number of nitrogens with two attached hydrogens (primary N) is 1. The molecule has 0 saturated carbocycles. The number of ether oxygens (including phenoxy) is 1. The van der Waals surface area contributed by atoms with Crippen LogP contribution in [0.5, 0.6) is 0 Å². The lowest BCUT2D eigenvalue weighted by molar-refractivity contribution is 0.0220. The van der Waals surface area contributed by atoms with Gasteiger partial charge in [0.1, 0.15) is 12.7 Å². The zero-order valence-electron chi connectivity index (χ0n) is 12.5. The molecular formula is C15H15N5O4. The third-order valence-electron chi connectivity index (χ3n) is 3.33. The molecule has 0 unspecified atom stereocenters. The van der Waals surface area contributed by atoms with Crippen LogP contribution in [0.15, 0.2) is 41.5 Å². The number of nitrogen functional groups attached to an aromatic ring is 1. The van der Waals surface area contributed by atoms with Gasteiger partial charge in [-0.2, -0.15) is 4.98 Å². The van der Waals surface area contributed by atoms with Crippen LogP contribution in [-0.4, -0.2) is 43.3 Å². The number of aliphatic hydroxyl groups is 1. The molecule has 4 N–H and O–H groups in total. The third kappa shape index (κ3) is 3.25. The smallest absolute Gasteiger partial charge is 0.338 e. The van der Waals surface area contributed by atoms with Crippen LogP contribution in [0.4, 0.5) is 5.95 Å². The van der Waals surface area contributed by atoms with Gasteiger partial charge in [-0.15, -0.1) is 0 Å². The number of carbonyl (C=O) groups excluding carboxylic acids is 1. The van der Waals surface area contributed by atoms with Gasteiger partial charge in [0.2, 0.25) is 5.95 Å². The Morgan fingerprint density at radius 3 is 2.88 bits per heavy atom. The summed E-state index contributed by atoms with van der Waals surface area (Å²) in [5, 5.41) is 10.0. The summed E-state index contributed by atoms with van der Waals surface area (Å²) in [5.41, 5.74) is 5.77. The van der Waals surface area contributed by atoms with E-state index in [2.05, 4.69) is 15.0 Å². The summed E-state index contributed by atoms with van der Waals surface area (Å²) in [7, 11) is 0. The van der Waals surface area contributed by atoms with Crippen molar-refractivity contribution in [3.63, 3.8) is 0 Å². The minimum atomic E-state index is -1.01. The number of aliphatic hydroxyl groups excluding tert-OH is 1. The Labute approximate surface area is 135 Å². The summed E-state index contributed by atoms with van der Waals surface area (Å²) in [6.45, 7) is -0.193. The van der Waals surface area contributed by atoms with Crippen molar-refractivity contribution >= 4 is 23.1 Å². The number of H-pyrrole nitrogens is 1. The fraction of sp³-hybridized carbons (Fsp3) is 0.200. The number of benzene rings is 1. The number of esters is 1. The van der Waals surface area contributed by atoms with Crippen LogP contribution >= 0.6 is 0 Å². The molecule has 3 rings (SSSR count). The summed E-state index contributed by atoms with van der Waals surface area (Å²) in [6.07, 6.45) is 0.362. The molecule has 9 nitrogen and oxygen atoms in total. The zero-order chi connectivity index (χ0) is 17.1. The van der Waals surface area contributed by atoms with E-state index >= 15 is 0 Å². The highest BCUT2D eigenvalue weighted by atomic mass is 16.5. The van der Waals surface area contributed by atoms with Crippen molar-refractivity contribution in [2.75, 3.05) is 12.3 Å². The van der Waals surface area contributed by atoms with Crippen LogP contribution in [0.2, 0.25) is 0 Å². The Kier molecular flexibility index (Phi) is 4.25. The van der Waals surface area contributed by atoms with E-state index in [4.69, 9.17) is 10.5 Å². The molecule has 1 atom stereocenters. The maximum Gasteiger partial charge on any atom is 0.338 e. The molecule has 0 spiro atoms. The number of aromatic amines is 1. The van der Waals surface area contributed by atoms with Crippen LogP contribution in [0.1, 0.15) is 10.4 Å². The second kappa shape index (κ2) is 6.50. The average molecular weight is 329 g/mol. The van der Waals surface area contributed by atoms with Gasteiger partial charge in [0.05, 0.1) is 18.4 Å². The van der Waals surface area contributed by atoms with E-state index in [0.29, 0.717) is 5.56 Å². The number of rotatable bonds is 5. The Morgan fingerprint density at radius 2 is 2.12 bits per heavy atom. The fourth-order valence-electron chi connectivity index (χ4n) is 2.25.